The van der Waals surface area contributed by atoms with Crippen LogP contribution in [-0.4, -0.2) is 41.1 Å². The van der Waals surface area contributed by atoms with Crippen LogP contribution in [0, 0.1) is 12.8 Å². The third-order valence-corrected chi connectivity index (χ3v) is 4.70. The number of pyridine rings is 1. The summed E-state index contributed by atoms with van der Waals surface area (Å²) in [6, 6.07) is 5.92. The highest BCUT2D eigenvalue weighted by Gasteiger charge is 2.24. The number of amides is 1. The quantitative estimate of drug-likeness (QED) is 0.807. The molecule has 3 rings (SSSR count). The van der Waals surface area contributed by atoms with E-state index in [1.54, 1.807) is 13.2 Å². The fourth-order valence-electron chi connectivity index (χ4n) is 3.31. The predicted molar refractivity (Wildman–Crippen MR) is 93.4 cm³/mol. The van der Waals surface area contributed by atoms with Crippen molar-refractivity contribution in [3.63, 3.8) is 0 Å². The van der Waals surface area contributed by atoms with Crippen molar-refractivity contribution in [3.8, 4) is 5.88 Å². The number of carbonyl (C=O) groups excluding carboxylic acids is 1. The van der Waals surface area contributed by atoms with Crippen LogP contribution in [0.4, 0.5) is 0 Å². The molecular weight excluding hydrogens is 318 g/mol. The van der Waals surface area contributed by atoms with E-state index >= 15 is 0 Å². The molecule has 0 saturated carbocycles. The van der Waals surface area contributed by atoms with Gasteiger partial charge in [0, 0.05) is 43.9 Å². The molecule has 1 amide bonds. The van der Waals surface area contributed by atoms with Gasteiger partial charge >= 0.3 is 0 Å². The van der Waals surface area contributed by atoms with E-state index in [9.17, 15) is 4.79 Å². The summed E-state index contributed by atoms with van der Waals surface area (Å²) in [6.45, 7) is 3.67. The monoisotopic (exact) mass is 343 g/mol. The molecule has 0 bridgehead atoms. The van der Waals surface area contributed by atoms with Crippen LogP contribution in [0.5, 0.6) is 5.88 Å². The van der Waals surface area contributed by atoms with Crippen molar-refractivity contribution in [2.75, 3.05) is 20.2 Å². The largest absolute Gasteiger partial charge is 0.479 e. The summed E-state index contributed by atoms with van der Waals surface area (Å²) in [4.78, 5) is 18.9. The summed E-state index contributed by atoms with van der Waals surface area (Å²) in [5.41, 5.74) is 2.28. The minimum Gasteiger partial charge on any atom is -0.479 e. The van der Waals surface area contributed by atoms with Gasteiger partial charge in [0.25, 0.3) is 5.88 Å². The van der Waals surface area contributed by atoms with E-state index in [2.05, 4.69) is 16.2 Å². The Labute approximate surface area is 148 Å². The van der Waals surface area contributed by atoms with Gasteiger partial charge in [-0.1, -0.05) is 6.07 Å². The number of aromatic nitrogens is 2. The third-order valence-electron chi connectivity index (χ3n) is 4.70. The lowest BCUT2D eigenvalue weighted by Crippen LogP contribution is -2.40. The van der Waals surface area contributed by atoms with Gasteiger partial charge in [0.1, 0.15) is 5.76 Å². The number of carbonyl (C=O) groups is 1. The zero-order valence-corrected chi connectivity index (χ0v) is 14.9. The highest BCUT2D eigenvalue weighted by Crippen LogP contribution is 2.22. The first-order chi connectivity index (χ1) is 12.1. The molecule has 6 heteroatoms. The molecule has 134 valence electrons. The van der Waals surface area contributed by atoms with Gasteiger partial charge in [-0.05, 0) is 48.9 Å². The van der Waals surface area contributed by atoms with Crippen molar-refractivity contribution in [1.29, 1.82) is 0 Å². The van der Waals surface area contributed by atoms with Crippen molar-refractivity contribution in [2.24, 2.45) is 5.92 Å². The lowest BCUT2D eigenvalue weighted by atomic mass is 9.91. The van der Waals surface area contributed by atoms with Crippen LogP contribution in [0.3, 0.4) is 0 Å². The van der Waals surface area contributed by atoms with E-state index in [-0.39, 0.29) is 5.91 Å². The van der Waals surface area contributed by atoms with E-state index in [4.69, 9.17) is 9.26 Å². The number of hydrogen-bond acceptors (Lipinski definition) is 5. The third kappa shape index (κ3) is 4.81. The molecule has 0 aliphatic carbocycles. The second-order valence-electron chi connectivity index (χ2n) is 6.70. The topological polar surface area (TPSA) is 68.5 Å². The number of methoxy groups -OCH3 is 1. The molecule has 0 radical (unpaired) electrons. The molecule has 0 unspecified atom stereocenters. The molecular formula is C19H25N3O3. The van der Waals surface area contributed by atoms with E-state index < -0.39 is 0 Å². The molecule has 25 heavy (non-hydrogen) atoms. The predicted octanol–water partition coefficient (Wildman–Crippen LogP) is 2.80. The first-order valence-corrected chi connectivity index (χ1v) is 8.83. The Hall–Kier alpha value is -2.37. The molecule has 2 aromatic rings. The molecule has 2 aromatic heterocycles. The summed E-state index contributed by atoms with van der Waals surface area (Å²) in [5, 5.41) is 3.76. The van der Waals surface area contributed by atoms with Gasteiger partial charge in [0.2, 0.25) is 5.91 Å². The highest BCUT2D eigenvalue weighted by molar-refractivity contribution is 5.76. The number of nitrogens with zero attached hydrogens (tertiary/aromatic N) is 3. The lowest BCUT2D eigenvalue weighted by molar-refractivity contribution is -0.133. The Kier molecular flexibility index (Phi) is 5.68. The van der Waals surface area contributed by atoms with Crippen LogP contribution in [0.2, 0.25) is 0 Å². The van der Waals surface area contributed by atoms with E-state index in [0.717, 1.165) is 38.0 Å². The zero-order valence-electron chi connectivity index (χ0n) is 14.9. The maximum atomic E-state index is 12.5. The lowest BCUT2D eigenvalue weighted by Gasteiger charge is -2.33. The number of rotatable bonds is 6. The van der Waals surface area contributed by atoms with Crippen molar-refractivity contribution in [3.05, 3.63) is 41.4 Å². The van der Waals surface area contributed by atoms with Crippen LogP contribution in [0.1, 0.15) is 36.3 Å². The maximum Gasteiger partial charge on any atom is 0.254 e. The standard InChI is InChI=1S/C19H25N3O3/c1-14-5-6-15(12-20-14)10-16-4-3-9-22(13-16)19(23)8-7-17-11-18(24-2)21-25-17/h5-6,11-12,16H,3-4,7-10,13H2,1-2H3/t16-/m1/s1. The maximum absolute atomic E-state index is 12.5. The fraction of sp³-hybridized carbons (Fsp3) is 0.526. The molecule has 0 N–H and O–H groups in total. The number of aryl methyl sites for hydroxylation is 2. The molecule has 0 spiro atoms. The number of likely N-dealkylation sites (tertiary alicyclic amines) is 1. The summed E-state index contributed by atoms with van der Waals surface area (Å²) < 4.78 is 10.1. The summed E-state index contributed by atoms with van der Waals surface area (Å²) in [5.74, 6) is 1.83. The van der Waals surface area contributed by atoms with Gasteiger partial charge in [-0.15, -0.1) is 0 Å². The number of hydrogen-bond donors (Lipinski definition) is 0. The summed E-state index contributed by atoms with van der Waals surface area (Å²) in [6.07, 6.45) is 6.15. The minimum atomic E-state index is 0.182. The Bertz CT molecular complexity index is 696. The van der Waals surface area contributed by atoms with Gasteiger partial charge in [-0.25, -0.2) is 0 Å². The van der Waals surface area contributed by atoms with Crippen molar-refractivity contribution in [2.45, 2.75) is 39.0 Å². The Morgan fingerprint density at radius 3 is 3.04 bits per heavy atom. The molecule has 3 heterocycles. The number of piperidine rings is 1. The summed E-state index contributed by atoms with van der Waals surface area (Å²) in [7, 11) is 1.55. The van der Waals surface area contributed by atoms with Crippen molar-refractivity contribution < 1.29 is 14.1 Å². The molecule has 1 atom stereocenters. The van der Waals surface area contributed by atoms with Crippen molar-refractivity contribution >= 4 is 5.91 Å². The minimum absolute atomic E-state index is 0.182. The van der Waals surface area contributed by atoms with Gasteiger partial charge in [-0.3, -0.25) is 9.78 Å². The number of ether oxygens (including phenoxy) is 1. The second kappa shape index (κ2) is 8.14. The first kappa shape index (κ1) is 17.5. The molecule has 1 aliphatic heterocycles. The van der Waals surface area contributed by atoms with E-state index in [1.807, 2.05) is 24.1 Å². The first-order valence-electron chi connectivity index (χ1n) is 8.83. The SMILES string of the molecule is COc1cc(CCC(=O)N2CCC[C@H](Cc3ccc(C)nc3)C2)on1. The van der Waals surface area contributed by atoms with Gasteiger partial charge in [0.05, 0.1) is 7.11 Å². The van der Waals surface area contributed by atoms with Crippen LogP contribution in [0.25, 0.3) is 0 Å². The van der Waals surface area contributed by atoms with Crippen LogP contribution in [0.15, 0.2) is 28.9 Å². The van der Waals surface area contributed by atoms with Gasteiger partial charge in [0.15, 0.2) is 0 Å². The Morgan fingerprint density at radius 1 is 1.44 bits per heavy atom. The molecule has 6 nitrogen and oxygen atoms in total. The Balaban J connectivity index is 1.49. The van der Waals surface area contributed by atoms with Crippen LogP contribution >= 0.6 is 0 Å². The highest BCUT2D eigenvalue weighted by atomic mass is 16.5. The van der Waals surface area contributed by atoms with Gasteiger partial charge in [-0.2, -0.15) is 0 Å². The fourth-order valence-corrected chi connectivity index (χ4v) is 3.31. The second-order valence-corrected chi connectivity index (χ2v) is 6.70. The average Bonchev–Trinajstić information content (AvgIpc) is 3.10. The summed E-state index contributed by atoms with van der Waals surface area (Å²) >= 11 is 0. The van der Waals surface area contributed by atoms with Crippen molar-refractivity contribution in [1.82, 2.24) is 15.0 Å². The molecule has 1 aliphatic rings. The van der Waals surface area contributed by atoms with Crippen LogP contribution < -0.4 is 4.74 Å². The molecule has 1 fully saturated rings. The van der Waals surface area contributed by atoms with Gasteiger partial charge < -0.3 is 14.2 Å². The average molecular weight is 343 g/mol. The smallest absolute Gasteiger partial charge is 0.254 e. The normalized spacial score (nSPS) is 17.5. The molecule has 1 saturated heterocycles. The Morgan fingerprint density at radius 2 is 2.32 bits per heavy atom. The van der Waals surface area contributed by atoms with Crippen LogP contribution in [-0.2, 0) is 17.6 Å². The van der Waals surface area contributed by atoms with E-state index in [1.165, 1.54) is 5.56 Å². The molecule has 0 aromatic carbocycles. The van der Waals surface area contributed by atoms with E-state index in [0.29, 0.717) is 30.4 Å². The zero-order chi connectivity index (χ0) is 17.6.